The number of fused-ring (bicyclic) bond motifs is 2. The van der Waals surface area contributed by atoms with Crippen molar-refractivity contribution in [2.24, 2.45) is 35.0 Å². The highest BCUT2D eigenvalue weighted by atomic mass is 32.1. The lowest BCUT2D eigenvalue weighted by atomic mass is 9.63. The second kappa shape index (κ2) is 6.53. The van der Waals surface area contributed by atoms with Gasteiger partial charge in [-0.3, -0.25) is 19.8 Å². The summed E-state index contributed by atoms with van der Waals surface area (Å²) in [7, 11) is 0. The highest BCUT2D eigenvalue weighted by molar-refractivity contribution is 7.10. The number of nitrogens with zero attached hydrogens (tertiary/aromatic N) is 1. The van der Waals surface area contributed by atoms with Crippen LogP contribution in [0.25, 0.3) is 0 Å². The van der Waals surface area contributed by atoms with Gasteiger partial charge in [-0.05, 0) is 60.8 Å². The van der Waals surface area contributed by atoms with Gasteiger partial charge in [0.15, 0.2) is 0 Å². The summed E-state index contributed by atoms with van der Waals surface area (Å²) < 4.78 is 0. The minimum Gasteiger partial charge on any atom is -0.272 e. The minimum atomic E-state index is -0.322. The molecule has 5 atom stereocenters. The Morgan fingerprint density at radius 3 is 2.24 bits per heavy atom. The topological polar surface area (TPSA) is 66.5 Å². The summed E-state index contributed by atoms with van der Waals surface area (Å²) in [6, 6.07) is 0. The molecule has 1 aromatic heterocycles. The smallest absolute Gasteiger partial charge is 0.271 e. The third-order valence-corrected chi connectivity index (χ3v) is 8.65. The van der Waals surface area contributed by atoms with Gasteiger partial charge in [0.05, 0.1) is 17.4 Å². The molecule has 0 aromatic carbocycles. The maximum atomic E-state index is 13.0. The van der Waals surface area contributed by atoms with Crippen molar-refractivity contribution in [3.8, 4) is 0 Å². The van der Waals surface area contributed by atoms with Crippen molar-refractivity contribution in [2.45, 2.75) is 52.9 Å². The van der Waals surface area contributed by atoms with Crippen LogP contribution in [0.2, 0.25) is 0 Å². The molecule has 0 unspecified atom stereocenters. The average Bonchev–Trinajstić information content (AvgIpc) is 3.24. The summed E-state index contributed by atoms with van der Waals surface area (Å²) in [5, 5.41) is 2.93. The van der Waals surface area contributed by atoms with Crippen molar-refractivity contribution in [2.75, 3.05) is 0 Å². The second-order valence-electron chi connectivity index (χ2n) is 10.2. The van der Waals surface area contributed by atoms with E-state index in [0.29, 0.717) is 11.5 Å². The number of hydrazine groups is 1. The summed E-state index contributed by atoms with van der Waals surface area (Å²) in [5.74, 6) is -0.507. The van der Waals surface area contributed by atoms with Crippen LogP contribution in [0, 0.1) is 35.0 Å². The first-order valence-corrected chi connectivity index (χ1v) is 11.6. The predicted molar refractivity (Wildman–Crippen MR) is 111 cm³/mol. The van der Waals surface area contributed by atoms with Crippen molar-refractivity contribution < 1.29 is 14.4 Å². The number of carbonyl (C=O) groups is 3. The fraction of sp³-hybridized carbons (Fsp3) is 0.609. The van der Waals surface area contributed by atoms with E-state index in [-0.39, 0.29) is 46.8 Å². The number of hydrogen-bond acceptors (Lipinski definition) is 4. The van der Waals surface area contributed by atoms with E-state index in [1.54, 1.807) is 11.3 Å². The standard InChI is InChI=1S/C23H28N2O3S/c1-23(2,3)14-8-9-15-16(11-29-17(15)10-14)20(26)24-25-21(27)18-12-4-5-13(7-6-12)19(18)22(25)28/h4-5,11-14,18-19H,6-10H2,1-3H3,(H,24,26)/t12-,13-,14-,18-,19+/m0/s1. The van der Waals surface area contributed by atoms with Crippen LogP contribution in [0.3, 0.4) is 0 Å². The Morgan fingerprint density at radius 2 is 1.69 bits per heavy atom. The van der Waals surface area contributed by atoms with Crippen LogP contribution in [0.1, 0.15) is 60.8 Å². The normalized spacial score (nSPS) is 33.1. The summed E-state index contributed by atoms with van der Waals surface area (Å²) in [4.78, 5) is 40.2. The number of rotatable bonds is 2. The first-order chi connectivity index (χ1) is 13.8. The number of allylic oxidation sites excluding steroid dienone is 2. The first kappa shape index (κ1) is 19.0. The highest BCUT2D eigenvalue weighted by Crippen LogP contribution is 2.49. The molecule has 154 valence electrons. The van der Waals surface area contributed by atoms with Crippen LogP contribution in [-0.2, 0) is 22.4 Å². The molecule has 1 N–H and O–H groups in total. The van der Waals surface area contributed by atoms with E-state index >= 15 is 0 Å². The summed E-state index contributed by atoms with van der Waals surface area (Å²) in [6.45, 7) is 6.82. The molecular weight excluding hydrogens is 384 g/mol. The molecule has 6 rings (SSSR count). The van der Waals surface area contributed by atoms with Crippen LogP contribution in [0.5, 0.6) is 0 Å². The molecule has 1 aromatic rings. The van der Waals surface area contributed by atoms with E-state index in [1.165, 1.54) is 4.88 Å². The van der Waals surface area contributed by atoms with Gasteiger partial charge in [-0.1, -0.05) is 32.9 Å². The van der Waals surface area contributed by atoms with Gasteiger partial charge >= 0.3 is 0 Å². The van der Waals surface area contributed by atoms with E-state index in [0.717, 1.165) is 42.7 Å². The molecular formula is C23H28N2O3S. The molecule has 2 heterocycles. The van der Waals surface area contributed by atoms with Crippen molar-refractivity contribution in [1.29, 1.82) is 0 Å². The van der Waals surface area contributed by atoms with Crippen LogP contribution >= 0.6 is 11.3 Å². The molecule has 0 spiro atoms. The van der Waals surface area contributed by atoms with Crippen LogP contribution < -0.4 is 5.43 Å². The quantitative estimate of drug-likeness (QED) is 0.594. The Morgan fingerprint density at radius 1 is 1.07 bits per heavy atom. The third kappa shape index (κ3) is 2.90. The summed E-state index contributed by atoms with van der Waals surface area (Å²) >= 11 is 1.63. The summed E-state index contributed by atoms with van der Waals surface area (Å²) in [6.07, 6.45) is 9.03. The van der Waals surface area contributed by atoms with Crippen molar-refractivity contribution in [3.63, 3.8) is 0 Å². The van der Waals surface area contributed by atoms with E-state index in [2.05, 4.69) is 38.3 Å². The van der Waals surface area contributed by atoms with Crippen molar-refractivity contribution in [1.82, 2.24) is 10.4 Å². The Balaban J connectivity index is 1.34. The molecule has 6 heteroatoms. The van der Waals surface area contributed by atoms with Gasteiger partial charge in [-0.15, -0.1) is 11.3 Å². The monoisotopic (exact) mass is 412 g/mol. The van der Waals surface area contributed by atoms with E-state index in [9.17, 15) is 14.4 Å². The van der Waals surface area contributed by atoms with Gasteiger partial charge in [-0.25, -0.2) is 0 Å². The molecule has 5 aliphatic rings. The lowest BCUT2D eigenvalue weighted by Crippen LogP contribution is -2.47. The SMILES string of the molecule is CC(C)(C)[C@H]1CCc2c(C(=O)NN3C(=O)[C@@H]4[C@H](C3=O)[C@H]3C=C[C@H]4CC3)csc2C1. The maximum Gasteiger partial charge on any atom is 0.271 e. The fourth-order valence-corrected chi connectivity index (χ4v) is 6.95. The Hall–Kier alpha value is -1.95. The van der Waals surface area contributed by atoms with E-state index in [1.807, 2.05) is 5.38 Å². The van der Waals surface area contributed by atoms with Gasteiger partial charge < -0.3 is 0 Å². The highest BCUT2D eigenvalue weighted by Gasteiger charge is 2.57. The fourth-order valence-electron chi connectivity index (χ4n) is 5.79. The Labute approximate surface area is 175 Å². The van der Waals surface area contributed by atoms with Crippen molar-refractivity contribution in [3.05, 3.63) is 33.5 Å². The molecule has 1 saturated heterocycles. The van der Waals surface area contributed by atoms with Crippen LogP contribution in [0.15, 0.2) is 17.5 Å². The average molecular weight is 413 g/mol. The van der Waals surface area contributed by atoms with Crippen molar-refractivity contribution >= 4 is 29.1 Å². The number of nitrogens with one attached hydrogen (secondary N) is 1. The van der Waals surface area contributed by atoms with E-state index < -0.39 is 0 Å². The Kier molecular flexibility index (Phi) is 4.28. The molecule has 2 bridgehead atoms. The Bertz CT molecular complexity index is 893. The number of hydrogen-bond donors (Lipinski definition) is 1. The van der Waals surface area contributed by atoms with Gasteiger partial charge in [0.1, 0.15) is 0 Å². The molecule has 3 amide bonds. The lowest BCUT2D eigenvalue weighted by Gasteiger charge is -2.37. The van der Waals surface area contributed by atoms with Gasteiger partial charge in [-0.2, -0.15) is 5.01 Å². The van der Waals surface area contributed by atoms with Crippen LogP contribution in [0.4, 0.5) is 0 Å². The zero-order chi connectivity index (χ0) is 20.5. The number of amides is 3. The van der Waals surface area contributed by atoms with Gasteiger partial charge in [0, 0.05) is 10.3 Å². The largest absolute Gasteiger partial charge is 0.272 e. The molecule has 4 aliphatic carbocycles. The minimum absolute atomic E-state index is 0.131. The number of carbonyl (C=O) groups excluding carboxylic acids is 3. The molecule has 5 nitrogen and oxygen atoms in total. The van der Waals surface area contributed by atoms with Gasteiger partial charge in [0.2, 0.25) is 0 Å². The summed E-state index contributed by atoms with van der Waals surface area (Å²) in [5.41, 5.74) is 4.66. The molecule has 2 fully saturated rings. The lowest BCUT2D eigenvalue weighted by molar-refractivity contribution is -0.143. The second-order valence-corrected chi connectivity index (χ2v) is 11.1. The van der Waals surface area contributed by atoms with Crippen LogP contribution in [-0.4, -0.2) is 22.7 Å². The first-order valence-electron chi connectivity index (χ1n) is 10.7. The molecule has 29 heavy (non-hydrogen) atoms. The molecule has 0 radical (unpaired) electrons. The molecule has 1 aliphatic heterocycles. The van der Waals surface area contributed by atoms with Gasteiger partial charge in [0.25, 0.3) is 17.7 Å². The molecule has 1 saturated carbocycles. The number of imide groups is 1. The maximum absolute atomic E-state index is 13.0. The van der Waals surface area contributed by atoms with E-state index in [4.69, 9.17) is 0 Å². The zero-order valence-electron chi connectivity index (χ0n) is 17.2. The predicted octanol–water partition coefficient (Wildman–Crippen LogP) is 3.74. The third-order valence-electron chi connectivity index (χ3n) is 7.60. The number of thiophene rings is 1. The zero-order valence-corrected chi connectivity index (χ0v) is 18.1.